The number of carbonyl (C=O) groups excluding carboxylic acids is 3. The van der Waals surface area contributed by atoms with E-state index in [1.165, 1.54) is 212 Å². The molecule has 0 heterocycles. The van der Waals surface area contributed by atoms with Gasteiger partial charge in [0.15, 0.2) is 6.10 Å². The Bertz CT molecular complexity index is 1170. The van der Waals surface area contributed by atoms with Crippen molar-refractivity contribution in [2.45, 2.75) is 341 Å². The average molecular weight is 984 g/mol. The predicted molar refractivity (Wildman–Crippen MR) is 302 cm³/mol. The Balaban J connectivity index is 4.18. The van der Waals surface area contributed by atoms with Crippen LogP contribution < -0.4 is 0 Å². The molecule has 6 heteroatoms. The van der Waals surface area contributed by atoms with Crippen molar-refractivity contribution in [2.24, 2.45) is 0 Å². The number of rotatable bonds is 57. The second-order valence-corrected chi connectivity index (χ2v) is 21.0. The van der Waals surface area contributed by atoms with E-state index >= 15 is 0 Å². The minimum atomic E-state index is -0.773. The van der Waals surface area contributed by atoms with Gasteiger partial charge in [0.05, 0.1) is 0 Å². The van der Waals surface area contributed by atoms with E-state index in [1.807, 2.05) is 0 Å². The zero-order valence-electron chi connectivity index (χ0n) is 47.1. The van der Waals surface area contributed by atoms with Crippen LogP contribution in [0.2, 0.25) is 0 Å². The monoisotopic (exact) mass is 983 g/mol. The van der Waals surface area contributed by atoms with Crippen molar-refractivity contribution in [3.05, 3.63) is 36.5 Å². The van der Waals surface area contributed by atoms with Crippen LogP contribution in [-0.4, -0.2) is 37.2 Å². The van der Waals surface area contributed by atoms with Gasteiger partial charge in [-0.15, -0.1) is 0 Å². The van der Waals surface area contributed by atoms with E-state index in [0.29, 0.717) is 19.3 Å². The third kappa shape index (κ3) is 56.5. The first-order valence-corrected chi connectivity index (χ1v) is 31.0. The van der Waals surface area contributed by atoms with Gasteiger partial charge >= 0.3 is 17.9 Å². The first kappa shape index (κ1) is 67.6. The molecule has 70 heavy (non-hydrogen) atoms. The fraction of sp³-hybridized carbons (Fsp3) is 0.859. The third-order valence-corrected chi connectivity index (χ3v) is 13.9. The molecule has 0 aromatic rings. The highest BCUT2D eigenvalue weighted by Gasteiger charge is 2.19. The van der Waals surface area contributed by atoms with E-state index in [1.54, 1.807) is 0 Å². The first-order chi connectivity index (χ1) is 34.5. The molecule has 0 rings (SSSR count). The third-order valence-electron chi connectivity index (χ3n) is 13.9. The van der Waals surface area contributed by atoms with E-state index in [4.69, 9.17) is 14.2 Å². The van der Waals surface area contributed by atoms with Crippen molar-refractivity contribution in [2.75, 3.05) is 13.2 Å². The van der Waals surface area contributed by atoms with Gasteiger partial charge in [-0.25, -0.2) is 0 Å². The van der Waals surface area contributed by atoms with E-state index < -0.39 is 6.10 Å². The van der Waals surface area contributed by atoms with Crippen molar-refractivity contribution < 1.29 is 28.6 Å². The maximum atomic E-state index is 12.9. The Kier molecular flexibility index (Phi) is 57.2. The summed E-state index contributed by atoms with van der Waals surface area (Å²) in [4.78, 5) is 38.1. The van der Waals surface area contributed by atoms with Crippen LogP contribution >= 0.6 is 0 Å². The molecule has 410 valence electrons. The predicted octanol–water partition coefficient (Wildman–Crippen LogP) is 20.8. The summed E-state index contributed by atoms with van der Waals surface area (Å²) in [7, 11) is 0. The first-order valence-electron chi connectivity index (χ1n) is 31.0. The van der Waals surface area contributed by atoms with Crippen LogP contribution in [-0.2, 0) is 28.6 Å². The fourth-order valence-electron chi connectivity index (χ4n) is 9.28. The number of carbonyl (C=O) groups is 3. The largest absolute Gasteiger partial charge is 0.462 e. The Labute approximate surface area is 435 Å². The molecule has 0 aliphatic carbocycles. The maximum absolute atomic E-state index is 12.9. The van der Waals surface area contributed by atoms with Gasteiger partial charge < -0.3 is 14.2 Å². The summed E-state index contributed by atoms with van der Waals surface area (Å²) in [5, 5.41) is 0. The van der Waals surface area contributed by atoms with E-state index in [9.17, 15) is 14.4 Å². The summed E-state index contributed by atoms with van der Waals surface area (Å²) >= 11 is 0. The quantitative estimate of drug-likeness (QED) is 0.0261. The molecule has 6 nitrogen and oxygen atoms in total. The van der Waals surface area contributed by atoms with Crippen LogP contribution in [0.1, 0.15) is 335 Å². The minimum Gasteiger partial charge on any atom is -0.462 e. The standard InChI is InChI=1S/C64H118O6/c1-4-7-10-13-16-19-22-24-26-28-29-30-31-32-33-34-35-37-38-40-42-45-48-51-54-57-63(66)69-60-61(59-68-62(65)56-53-50-47-44-21-18-15-12-9-6-3)70-64(67)58-55-52-49-46-43-41-39-36-27-25-23-20-17-14-11-8-5-2/h8,11,17,20,25,27,61H,4-7,9-10,12-16,18-19,21-24,26,28-60H2,1-3H3/b11-8-,20-17-,27-25-. The molecule has 1 unspecified atom stereocenters. The van der Waals surface area contributed by atoms with Gasteiger partial charge in [-0.3, -0.25) is 14.4 Å². The molecule has 0 aromatic carbocycles. The lowest BCUT2D eigenvalue weighted by Gasteiger charge is -2.18. The Morgan fingerprint density at radius 1 is 0.300 bits per heavy atom. The number of unbranched alkanes of at least 4 members (excludes halogenated alkanes) is 40. The van der Waals surface area contributed by atoms with Gasteiger partial charge in [-0.05, 0) is 51.4 Å². The van der Waals surface area contributed by atoms with Gasteiger partial charge in [-0.2, -0.15) is 0 Å². The number of esters is 3. The van der Waals surface area contributed by atoms with Crippen molar-refractivity contribution in [3.8, 4) is 0 Å². The average Bonchev–Trinajstić information content (AvgIpc) is 3.36. The smallest absolute Gasteiger partial charge is 0.306 e. The molecule has 0 aliphatic heterocycles. The second kappa shape index (κ2) is 59.2. The normalized spacial score (nSPS) is 12.2. The highest BCUT2D eigenvalue weighted by Crippen LogP contribution is 2.18. The highest BCUT2D eigenvalue weighted by atomic mass is 16.6. The van der Waals surface area contributed by atoms with Gasteiger partial charge in [-0.1, -0.05) is 301 Å². The van der Waals surface area contributed by atoms with Crippen molar-refractivity contribution in [1.82, 2.24) is 0 Å². The van der Waals surface area contributed by atoms with E-state index in [0.717, 1.165) is 83.5 Å². The van der Waals surface area contributed by atoms with Gasteiger partial charge in [0.25, 0.3) is 0 Å². The van der Waals surface area contributed by atoms with Crippen molar-refractivity contribution in [1.29, 1.82) is 0 Å². The number of allylic oxidation sites excluding steroid dienone is 6. The second-order valence-electron chi connectivity index (χ2n) is 21.0. The van der Waals surface area contributed by atoms with Crippen LogP contribution in [0.5, 0.6) is 0 Å². The molecule has 0 N–H and O–H groups in total. The van der Waals surface area contributed by atoms with Crippen molar-refractivity contribution >= 4 is 17.9 Å². The molecule has 1 atom stereocenters. The molecule has 0 aromatic heterocycles. The summed E-state index contributed by atoms with van der Waals surface area (Å²) in [5.74, 6) is -0.862. The summed E-state index contributed by atoms with van der Waals surface area (Å²) < 4.78 is 16.9. The molecule has 0 amide bonds. The zero-order chi connectivity index (χ0) is 50.7. The maximum Gasteiger partial charge on any atom is 0.306 e. The minimum absolute atomic E-state index is 0.0713. The van der Waals surface area contributed by atoms with Crippen LogP contribution in [0.3, 0.4) is 0 Å². The molecule has 0 saturated heterocycles. The van der Waals surface area contributed by atoms with Crippen molar-refractivity contribution in [3.63, 3.8) is 0 Å². The topological polar surface area (TPSA) is 78.9 Å². The SMILES string of the molecule is CC/C=C\C/C=C\C/C=C\CCCCCCCCCC(=O)OC(COC(=O)CCCCCCCCCCCC)COC(=O)CCCCCCCCCCCCCCCCCCCCCCCCCCC. The highest BCUT2D eigenvalue weighted by molar-refractivity contribution is 5.71. The molecule has 0 aliphatic rings. The Morgan fingerprint density at radius 3 is 0.871 bits per heavy atom. The molecular formula is C64H118O6. The Hall–Kier alpha value is -2.37. The fourth-order valence-corrected chi connectivity index (χ4v) is 9.28. The van der Waals surface area contributed by atoms with Gasteiger partial charge in [0.1, 0.15) is 13.2 Å². The lowest BCUT2D eigenvalue weighted by Crippen LogP contribution is -2.30. The number of hydrogen-bond acceptors (Lipinski definition) is 6. The number of ether oxygens (including phenoxy) is 3. The molecule has 0 fully saturated rings. The van der Waals surface area contributed by atoms with Crippen LogP contribution in [0, 0.1) is 0 Å². The summed E-state index contributed by atoms with van der Waals surface area (Å²) in [6.45, 7) is 6.56. The van der Waals surface area contributed by atoms with Crippen LogP contribution in [0.25, 0.3) is 0 Å². The van der Waals surface area contributed by atoms with Crippen LogP contribution in [0.15, 0.2) is 36.5 Å². The van der Waals surface area contributed by atoms with Gasteiger partial charge in [0.2, 0.25) is 0 Å². The molecule has 0 bridgehead atoms. The molecule has 0 spiro atoms. The molecule has 0 radical (unpaired) electrons. The lowest BCUT2D eigenvalue weighted by atomic mass is 10.0. The molecular weight excluding hydrogens is 865 g/mol. The summed E-state index contributed by atoms with van der Waals surface area (Å²) in [6, 6.07) is 0. The lowest BCUT2D eigenvalue weighted by molar-refractivity contribution is -0.167. The van der Waals surface area contributed by atoms with E-state index in [2.05, 4.69) is 57.2 Å². The van der Waals surface area contributed by atoms with Crippen LogP contribution in [0.4, 0.5) is 0 Å². The van der Waals surface area contributed by atoms with E-state index in [-0.39, 0.29) is 31.1 Å². The van der Waals surface area contributed by atoms with Gasteiger partial charge in [0, 0.05) is 19.3 Å². The zero-order valence-corrected chi connectivity index (χ0v) is 47.1. The summed E-state index contributed by atoms with van der Waals surface area (Å²) in [6.07, 6.45) is 71.6. The molecule has 0 saturated carbocycles. The summed E-state index contributed by atoms with van der Waals surface area (Å²) in [5.41, 5.74) is 0. The number of hydrogen-bond donors (Lipinski definition) is 0. The Morgan fingerprint density at radius 2 is 0.557 bits per heavy atom.